The zero-order chi connectivity index (χ0) is 30.1. The van der Waals surface area contributed by atoms with Crippen molar-refractivity contribution >= 4 is 40.2 Å². The molecule has 3 aromatic heterocycles. The van der Waals surface area contributed by atoms with Gasteiger partial charge in [0.25, 0.3) is 5.91 Å². The van der Waals surface area contributed by atoms with Gasteiger partial charge in [-0.1, -0.05) is 67.3 Å². The van der Waals surface area contributed by atoms with Crippen molar-refractivity contribution in [2.45, 2.75) is 64.5 Å². The quantitative estimate of drug-likeness (QED) is 0.191. The molecule has 43 heavy (non-hydrogen) atoms. The van der Waals surface area contributed by atoms with Gasteiger partial charge in [0.1, 0.15) is 17.2 Å². The lowest BCUT2D eigenvalue weighted by atomic mass is 9.95. The molecule has 3 heterocycles. The van der Waals surface area contributed by atoms with Crippen LogP contribution in [0.15, 0.2) is 73.1 Å². The van der Waals surface area contributed by atoms with Gasteiger partial charge < -0.3 is 15.7 Å². The minimum absolute atomic E-state index is 0.0866. The third-order valence-electron chi connectivity index (χ3n) is 8.30. The summed E-state index contributed by atoms with van der Waals surface area (Å²) in [4.78, 5) is 42.6. The zero-order valence-electron chi connectivity index (χ0n) is 24.3. The van der Waals surface area contributed by atoms with Gasteiger partial charge in [-0.25, -0.2) is 4.98 Å². The molecule has 0 spiro atoms. The number of pyridine rings is 1. The van der Waals surface area contributed by atoms with Gasteiger partial charge in [-0.05, 0) is 43.5 Å². The van der Waals surface area contributed by atoms with Crippen LogP contribution in [0.4, 0.5) is 5.82 Å². The van der Waals surface area contributed by atoms with E-state index in [2.05, 4.69) is 10.6 Å². The van der Waals surface area contributed by atoms with Gasteiger partial charge in [0.15, 0.2) is 0 Å². The molecule has 1 fully saturated rings. The van der Waals surface area contributed by atoms with E-state index in [-0.39, 0.29) is 18.2 Å². The van der Waals surface area contributed by atoms with Gasteiger partial charge in [-0.3, -0.25) is 23.4 Å². The number of carbonyl (C=O) groups is 3. The summed E-state index contributed by atoms with van der Waals surface area (Å²) in [6.07, 6.45) is 9.11. The van der Waals surface area contributed by atoms with E-state index in [9.17, 15) is 19.5 Å². The van der Waals surface area contributed by atoms with E-state index in [0.29, 0.717) is 22.9 Å². The third kappa shape index (κ3) is 5.75. The topological polar surface area (TPSA) is 118 Å². The lowest BCUT2D eigenvalue weighted by molar-refractivity contribution is -0.137. The number of nitrogens with zero attached hydrogens (tertiary/aromatic N) is 3. The first-order valence-corrected chi connectivity index (χ1v) is 14.8. The fraction of sp³-hybridized carbons (Fsp3) is 0.294. The van der Waals surface area contributed by atoms with Gasteiger partial charge in [-0.15, -0.1) is 0 Å². The van der Waals surface area contributed by atoms with E-state index in [1.165, 1.54) is 6.42 Å². The number of fused-ring (bicyclic) bond motifs is 2. The molecule has 1 unspecified atom stereocenters. The summed E-state index contributed by atoms with van der Waals surface area (Å²) in [6.45, 7) is 3.50. The number of aliphatic carboxylic acids is 1. The molecule has 3 N–H and O–H groups in total. The Morgan fingerprint density at radius 2 is 1.77 bits per heavy atom. The lowest BCUT2D eigenvalue weighted by Gasteiger charge is -2.24. The minimum Gasteiger partial charge on any atom is -0.481 e. The van der Waals surface area contributed by atoms with Crippen LogP contribution < -0.4 is 10.6 Å². The predicted molar refractivity (Wildman–Crippen MR) is 167 cm³/mol. The Labute approximate surface area is 249 Å². The molecule has 5 aromatic rings. The Morgan fingerprint density at radius 1 is 1.02 bits per heavy atom. The molecule has 0 radical (unpaired) electrons. The van der Waals surface area contributed by atoms with Gasteiger partial charge in [0, 0.05) is 41.9 Å². The van der Waals surface area contributed by atoms with Crippen LogP contribution in [-0.4, -0.2) is 42.9 Å². The van der Waals surface area contributed by atoms with Crippen molar-refractivity contribution in [3.8, 4) is 11.3 Å². The minimum atomic E-state index is -0.998. The number of hydrogen-bond acceptors (Lipinski definition) is 5. The molecule has 9 heteroatoms. The summed E-state index contributed by atoms with van der Waals surface area (Å²) in [5.41, 5.74) is 5.08. The Bertz CT molecular complexity index is 1830. The summed E-state index contributed by atoms with van der Waals surface area (Å²) in [5.74, 6) is -0.642. The van der Waals surface area contributed by atoms with Crippen molar-refractivity contribution in [3.63, 3.8) is 0 Å². The maximum Gasteiger partial charge on any atom is 0.305 e. The van der Waals surface area contributed by atoms with Crippen LogP contribution in [0.1, 0.15) is 77.8 Å². The molecule has 1 atom stereocenters. The third-order valence-corrected chi connectivity index (χ3v) is 8.30. The molecule has 9 nitrogen and oxygen atoms in total. The van der Waals surface area contributed by atoms with Crippen molar-refractivity contribution in [1.29, 1.82) is 0 Å². The van der Waals surface area contributed by atoms with Crippen LogP contribution in [0.3, 0.4) is 0 Å². The fourth-order valence-corrected chi connectivity index (χ4v) is 6.05. The van der Waals surface area contributed by atoms with Crippen molar-refractivity contribution in [2.24, 2.45) is 0 Å². The van der Waals surface area contributed by atoms with Crippen molar-refractivity contribution in [3.05, 3.63) is 89.7 Å². The molecule has 0 aliphatic heterocycles. The maximum atomic E-state index is 13.5. The van der Waals surface area contributed by atoms with Gasteiger partial charge in [0.05, 0.1) is 18.0 Å². The molecule has 0 bridgehead atoms. The summed E-state index contributed by atoms with van der Waals surface area (Å²) in [5, 5.41) is 17.1. The first-order chi connectivity index (χ1) is 20.8. The Kier molecular flexibility index (Phi) is 7.71. The summed E-state index contributed by atoms with van der Waals surface area (Å²) >= 11 is 0. The number of aryl methyl sites for hydroxylation is 1. The van der Waals surface area contributed by atoms with Crippen molar-refractivity contribution in [1.82, 2.24) is 19.3 Å². The molecule has 0 saturated heterocycles. The average Bonchev–Trinajstić information content (AvgIpc) is 3.56. The number of amides is 1. The molecule has 1 aliphatic rings. The highest BCUT2D eigenvalue weighted by molar-refractivity contribution is 6.03. The molecule has 1 aliphatic carbocycles. The molecule has 220 valence electrons. The molecule has 2 aromatic carbocycles. The Balaban J connectivity index is 1.41. The number of hydrogen-bond donors (Lipinski definition) is 3. The second-order valence-electron chi connectivity index (χ2n) is 11.4. The summed E-state index contributed by atoms with van der Waals surface area (Å²) in [6, 6.07) is 18.3. The highest BCUT2D eigenvalue weighted by Gasteiger charge is 2.24. The van der Waals surface area contributed by atoms with E-state index >= 15 is 0 Å². The number of anilines is 1. The van der Waals surface area contributed by atoms with Gasteiger partial charge in [-0.2, -0.15) is 0 Å². The smallest absolute Gasteiger partial charge is 0.305 e. The van der Waals surface area contributed by atoms with Crippen LogP contribution >= 0.6 is 0 Å². The van der Waals surface area contributed by atoms with E-state index in [1.807, 2.05) is 72.2 Å². The van der Waals surface area contributed by atoms with E-state index < -0.39 is 12.0 Å². The molecular weight excluding hydrogens is 542 g/mol. The van der Waals surface area contributed by atoms with E-state index in [4.69, 9.17) is 4.98 Å². The van der Waals surface area contributed by atoms with Crippen LogP contribution in [0, 0.1) is 6.92 Å². The second-order valence-corrected chi connectivity index (χ2v) is 11.4. The number of aromatic nitrogens is 3. The molecule has 6 rings (SSSR count). The molecule has 1 saturated carbocycles. The largest absolute Gasteiger partial charge is 0.481 e. The lowest BCUT2D eigenvalue weighted by Crippen LogP contribution is -2.30. The van der Waals surface area contributed by atoms with Gasteiger partial charge >= 0.3 is 5.97 Å². The number of rotatable bonds is 8. The predicted octanol–water partition coefficient (Wildman–Crippen LogP) is 6.61. The Hall–Kier alpha value is -4.92. The number of para-hydroxylation sites is 1. The number of carbonyl (C=O) groups excluding carboxylic acids is 2. The Morgan fingerprint density at radius 3 is 2.49 bits per heavy atom. The standard InChI is InChI=1S/C34H35N5O4/c1-21-12-14-23(15-13-21)28(19-31(41)42)36-34(43)24-16-17-38-30(18-24)37-32(33(38)35-25-8-4-3-5-9-25)27-20-39(22(2)40)29-11-7-6-10-26(27)29/h6-7,10-18,20,25,28,35H,3-5,8-9,19H2,1-2H3,(H,36,43)(H,41,42). The summed E-state index contributed by atoms with van der Waals surface area (Å²) in [7, 11) is 0. The maximum absolute atomic E-state index is 13.5. The van der Waals surface area contributed by atoms with E-state index in [0.717, 1.165) is 59.1 Å². The highest BCUT2D eigenvalue weighted by atomic mass is 16.4. The number of carboxylic acid groups (broad SMARTS) is 1. The molecular formula is C34H35N5O4. The van der Waals surface area contributed by atoms with Crippen molar-refractivity contribution < 1.29 is 19.5 Å². The van der Waals surface area contributed by atoms with Gasteiger partial charge in [0.2, 0.25) is 5.91 Å². The average molecular weight is 578 g/mol. The normalized spacial score (nSPS) is 14.6. The number of benzene rings is 2. The molecule has 1 amide bonds. The van der Waals surface area contributed by atoms with Crippen molar-refractivity contribution in [2.75, 3.05) is 5.32 Å². The first-order valence-electron chi connectivity index (χ1n) is 14.8. The number of imidazole rings is 1. The van der Waals surface area contributed by atoms with E-state index in [1.54, 1.807) is 23.6 Å². The van der Waals surface area contributed by atoms with Crippen LogP contribution in [0.5, 0.6) is 0 Å². The van der Waals surface area contributed by atoms with Crippen LogP contribution in [0.25, 0.3) is 27.8 Å². The number of carboxylic acids is 1. The SMILES string of the molecule is CC(=O)n1cc(-c2nc3cc(C(=O)NC(CC(=O)O)c4ccc(C)cc4)ccn3c2NC2CCCCC2)c2ccccc21. The second kappa shape index (κ2) is 11.8. The van der Waals surface area contributed by atoms with Crippen LogP contribution in [0.2, 0.25) is 0 Å². The monoisotopic (exact) mass is 577 g/mol. The summed E-state index contributed by atoms with van der Waals surface area (Å²) < 4.78 is 3.60. The van der Waals surface area contributed by atoms with Crippen LogP contribution in [-0.2, 0) is 4.79 Å². The fourth-order valence-electron chi connectivity index (χ4n) is 6.05. The number of nitrogens with one attached hydrogen (secondary N) is 2. The first kappa shape index (κ1) is 28.2. The zero-order valence-corrected chi connectivity index (χ0v) is 24.3. The highest BCUT2D eigenvalue weighted by Crippen LogP contribution is 2.37.